The highest BCUT2D eigenvalue weighted by Crippen LogP contribution is 2.19. The van der Waals surface area contributed by atoms with Crippen molar-refractivity contribution >= 4 is 5.78 Å². The molecule has 0 N–H and O–H groups in total. The minimum Gasteiger partial charge on any atom is -0.367 e. The predicted molar refractivity (Wildman–Crippen MR) is 50.2 cm³/mol. The molecule has 0 amide bonds. The lowest BCUT2D eigenvalue weighted by molar-refractivity contribution is -0.141. The molecule has 0 radical (unpaired) electrons. The third kappa shape index (κ3) is 4.50. The van der Waals surface area contributed by atoms with Gasteiger partial charge in [-0.2, -0.15) is 0 Å². The van der Waals surface area contributed by atoms with Crippen molar-refractivity contribution < 1.29 is 9.53 Å². The fraction of sp³-hybridized carbons (Fsp3) is 0.900. The SMILES string of the molecule is CC(=O)C(C)(C)OCC(C)(C)C. The fourth-order valence-corrected chi connectivity index (χ4v) is 0.499. The standard InChI is InChI=1S/C10H20O2/c1-8(11)10(5,6)12-7-9(2,3)4/h7H2,1-6H3. The highest BCUT2D eigenvalue weighted by atomic mass is 16.5. The van der Waals surface area contributed by atoms with Crippen LogP contribution in [0.3, 0.4) is 0 Å². The van der Waals surface area contributed by atoms with Gasteiger partial charge >= 0.3 is 0 Å². The van der Waals surface area contributed by atoms with E-state index in [1.807, 2.05) is 0 Å². The lowest BCUT2D eigenvalue weighted by atomic mass is 9.97. The average Bonchev–Trinajstić information content (AvgIpc) is 1.82. The number of ketones is 1. The van der Waals surface area contributed by atoms with Crippen molar-refractivity contribution in [1.29, 1.82) is 0 Å². The van der Waals surface area contributed by atoms with Gasteiger partial charge in [0, 0.05) is 0 Å². The maximum atomic E-state index is 11.1. The lowest BCUT2D eigenvalue weighted by Crippen LogP contribution is -2.35. The Morgan fingerprint density at radius 3 is 1.83 bits per heavy atom. The second kappa shape index (κ2) is 3.56. The van der Waals surface area contributed by atoms with E-state index in [2.05, 4.69) is 20.8 Å². The zero-order valence-corrected chi connectivity index (χ0v) is 9.02. The highest BCUT2D eigenvalue weighted by molar-refractivity contribution is 5.83. The second-order valence-electron chi connectivity index (χ2n) is 4.92. The van der Waals surface area contributed by atoms with E-state index in [0.29, 0.717) is 6.61 Å². The van der Waals surface area contributed by atoms with Crippen molar-refractivity contribution in [3.05, 3.63) is 0 Å². The van der Waals surface area contributed by atoms with E-state index in [-0.39, 0.29) is 11.2 Å². The van der Waals surface area contributed by atoms with E-state index >= 15 is 0 Å². The summed E-state index contributed by atoms with van der Waals surface area (Å²) in [5.74, 6) is 0.0757. The number of carbonyl (C=O) groups is 1. The number of hydrogen-bond acceptors (Lipinski definition) is 2. The van der Waals surface area contributed by atoms with Gasteiger partial charge in [-0.3, -0.25) is 4.79 Å². The first-order chi connectivity index (χ1) is 5.15. The van der Waals surface area contributed by atoms with Crippen molar-refractivity contribution in [2.75, 3.05) is 6.61 Å². The molecule has 0 aromatic carbocycles. The van der Waals surface area contributed by atoms with Gasteiger partial charge in [-0.1, -0.05) is 20.8 Å². The van der Waals surface area contributed by atoms with Crippen molar-refractivity contribution in [3.63, 3.8) is 0 Å². The van der Waals surface area contributed by atoms with Crippen molar-refractivity contribution in [2.45, 2.75) is 47.1 Å². The van der Waals surface area contributed by atoms with E-state index in [1.165, 1.54) is 0 Å². The molecule has 2 nitrogen and oxygen atoms in total. The molecule has 0 fully saturated rings. The first kappa shape index (κ1) is 11.6. The minimum absolute atomic E-state index is 0.0757. The van der Waals surface area contributed by atoms with Crippen molar-refractivity contribution in [2.24, 2.45) is 5.41 Å². The smallest absolute Gasteiger partial charge is 0.160 e. The van der Waals surface area contributed by atoms with E-state index in [9.17, 15) is 4.79 Å². The maximum absolute atomic E-state index is 11.1. The molecule has 0 aliphatic carbocycles. The first-order valence-electron chi connectivity index (χ1n) is 4.30. The van der Waals surface area contributed by atoms with Gasteiger partial charge in [0.1, 0.15) is 5.60 Å². The molecule has 0 atom stereocenters. The molecule has 2 heteroatoms. The quantitative estimate of drug-likeness (QED) is 0.653. The molecule has 0 aromatic rings. The van der Waals surface area contributed by atoms with Crippen LogP contribution in [0.1, 0.15) is 41.5 Å². The average molecular weight is 172 g/mol. The van der Waals surface area contributed by atoms with Crippen LogP contribution in [0.5, 0.6) is 0 Å². The van der Waals surface area contributed by atoms with E-state index in [4.69, 9.17) is 4.74 Å². The summed E-state index contributed by atoms with van der Waals surface area (Å²) in [4.78, 5) is 11.1. The summed E-state index contributed by atoms with van der Waals surface area (Å²) in [6, 6.07) is 0. The van der Waals surface area contributed by atoms with Crippen LogP contribution in [-0.2, 0) is 9.53 Å². The number of carbonyl (C=O) groups excluding carboxylic acids is 1. The van der Waals surface area contributed by atoms with Crippen LogP contribution < -0.4 is 0 Å². The zero-order chi connectivity index (χ0) is 9.99. The molecule has 0 bridgehead atoms. The van der Waals surface area contributed by atoms with Gasteiger partial charge in [0.15, 0.2) is 5.78 Å². The molecule has 0 aliphatic rings. The zero-order valence-electron chi connectivity index (χ0n) is 9.02. The Labute approximate surface area is 75.3 Å². The van der Waals surface area contributed by atoms with Crippen LogP contribution >= 0.6 is 0 Å². The molecule has 72 valence electrons. The van der Waals surface area contributed by atoms with Crippen LogP contribution in [-0.4, -0.2) is 18.0 Å². The minimum atomic E-state index is -0.632. The van der Waals surface area contributed by atoms with Gasteiger partial charge in [-0.05, 0) is 26.2 Å². The number of Topliss-reactive ketones (excluding diaryl/α,β-unsaturated/α-hetero) is 1. The fourth-order valence-electron chi connectivity index (χ4n) is 0.499. The number of rotatable bonds is 3. The number of ether oxygens (including phenoxy) is 1. The van der Waals surface area contributed by atoms with Crippen LogP contribution in [0.2, 0.25) is 0 Å². The van der Waals surface area contributed by atoms with Crippen LogP contribution in [0, 0.1) is 5.41 Å². The maximum Gasteiger partial charge on any atom is 0.160 e. The normalized spacial score (nSPS) is 13.2. The molecule has 0 heterocycles. The van der Waals surface area contributed by atoms with Crippen molar-refractivity contribution in [3.8, 4) is 0 Å². The van der Waals surface area contributed by atoms with Gasteiger partial charge in [-0.15, -0.1) is 0 Å². The summed E-state index contributed by atoms with van der Waals surface area (Å²) >= 11 is 0. The molecule has 0 spiro atoms. The molecule has 0 unspecified atom stereocenters. The van der Waals surface area contributed by atoms with E-state index in [0.717, 1.165) is 0 Å². The van der Waals surface area contributed by atoms with Gasteiger partial charge in [0.25, 0.3) is 0 Å². The molecule has 0 aromatic heterocycles. The summed E-state index contributed by atoms with van der Waals surface area (Å²) in [5.41, 5.74) is -0.514. The molecule has 0 rings (SSSR count). The number of hydrogen-bond donors (Lipinski definition) is 0. The molecule has 0 aliphatic heterocycles. The molecule has 0 saturated carbocycles. The Kier molecular flexibility index (Phi) is 3.45. The third-order valence-electron chi connectivity index (χ3n) is 1.71. The molecular weight excluding hydrogens is 152 g/mol. The Bertz CT molecular complexity index is 163. The molecular formula is C10H20O2. The van der Waals surface area contributed by atoms with E-state index in [1.54, 1.807) is 20.8 Å². The first-order valence-corrected chi connectivity index (χ1v) is 4.30. The van der Waals surface area contributed by atoms with Crippen molar-refractivity contribution in [1.82, 2.24) is 0 Å². The Balaban J connectivity index is 4.01. The van der Waals surface area contributed by atoms with Crippen LogP contribution in [0.4, 0.5) is 0 Å². The summed E-state index contributed by atoms with van der Waals surface area (Å²) < 4.78 is 5.51. The lowest BCUT2D eigenvalue weighted by Gasteiger charge is -2.27. The third-order valence-corrected chi connectivity index (χ3v) is 1.71. The molecule has 12 heavy (non-hydrogen) atoms. The summed E-state index contributed by atoms with van der Waals surface area (Å²) in [5, 5.41) is 0. The van der Waals surface area contributed by atoms with Gasteiger partial charge < -0.3 is 4.74 Å². The topological polar surface area (TPSA) is 26.3 Å². The Morgan fingerprint density at radius 1 is 1.17 bits per heavy atom. The summed E-state index contributed by atoms with van der Waals surface area (Å²) in [6.45, 7) is 12.0. The Hall–Kier alpha value is -0.370. The summed E-state index contributed by atoms with van der Waals surface area (Å²) in [7, 11) is 0. The monoisotopic (exact) mass is 172 g/mol. The van der Waals surface area contributed by atoms with Crippen LogP contribution in [0.15, 0.2) is 0 Å². The van der Waals surface area contributed by atoms with E-state index < -0.39 is 5.60 Å². The largest absolute Gasteiger partial charge is 0.367 e. The predicted octanol–water partition coefficient (Wildman–Crippen LogP) is 2.42. The van der Waals surface area contributed by atoms with Gasteiger partial charge in [0.05, 0.1) is 6.61 Å². The van der Waals surface area contributed by atoms with Gasteiger partial charge in [0.2, 0.25) is 0 Å². The Morgan fingerprint density at radius 2 is 1.58 bits per heavy atom. The highest BCUT2D eigenvalue weighted by Gasteiger charge is 2.26. The second-order valence-corrected chi connectivity index (χ2v) is 4.92. The van der Waals surface area contributed by atoms with Crippen LogP contribution in [0.25, 0.3) is 0 Å². The molecule has 0 saturated heterocycles. The summed E-state index contributed by atoms with van der Waals surface area (Å²) in [6.07, 6.45) is 0. The van der Waals surface area contributed by atoms with Gasteiger partial charge in [-0.25, -0.2) is 0 Å².